The number of ether oxygens (including phenoxy) is 1. The Bertz CT molecular complexity index is 576. The summed E-state index contributed by atoms with van der Waals surface area (Å²) in [6.45, 7) is 0. The van der Waals surface area contributed by atoms with E-state index in [-0.39, 0.29) is 11.3 Å². The second-order valence-corrected chi connectivity index (χ2v) is 3.96. The SMILES string of the molecule is COc1cc(F)c(C(O)c2cccc(F)c2)c(F)c1. The van der Waals surface area contributed by atoms with Crippen molar-refractivity contribution in [2.75, 3.05) is 7.11 Å². The number of halogens is 3. The molecule has 0 aromatic heterocycles. The third-order valence-corrected chi connectivity index (χ3v) is 2.73. The van der Waals surface area contributed by atoms with Crippen molar-refractivity contribution in [2.45, 2.75) is 6.10 Å². The Kier molecular flexibility index (Phi) is 3.76. The predicted molar refractivity (Wildman–Crippen MR) is 63.4 cm³/mol. The highest BCUT2D eigenvalue weighted by Crippen LogP contribution is 2.30. The van der Waals surface area contributed by atoms with Crippen LogP contribution in [-0.2, 0) is 0 Å². The summed E-state index contributed by atoms with van der Waals surface area (Å²) >= 11 is 0. The van der Waals surface area contributed by atoms with Gasteiger partial charge in [-0.2, -0.15) is 0 Å². The van der Waals surface area contributed by atoms with E-state index in [0.717, 1.165) is 18.2 Å². The average Bonchev–Trinajstić information content (AvgIpc) is 2.37. The largest absolute Gasteiger partial charge is 0.497 e. The number of aliphatic hydroxyl groups excluding tert-OH is 1. The highest BCUT2D eigenvalue weighted by molar-refractivity contribution is 5.36. The van der Waals surface area contributed by atoms with Crippen LogP contribution in [0, 0.1) is 17.5 Å². The van der Waals surface area contributed by atoms with Crippen molar-refractivity contribution >= 4 is 0 Å². The summed E-state index contributed by atoms with van der Waals surface area (Å²) in [6, 6.07) is 6.86. The highest BCUT2D eigenvalue weighted by atomic mass is 19.1. The summed E-state index contributed by atoms with van der Waals surface area (Å²) in [5.74, 6) is -2.49. The van der Waals surface area contributed by atoms with Crippen LogP contribution >= 0.6 is 0 Å². The number of hydrogen-bond donors (Lipinski definition) is 1. The maximum atomic E-state index is 13.8. The van der Waals surface area contributed by atoms with Gasteiger partial charge >= 0.3 is 0 Å². The second kappa shape index (κ2) is 5.32. The van der Waals surface area contributed by atoms with Crippen LogP contribution < -0.4 is 4.74 Å². The van der Waals surface area contributed by atoms with Gasteiger partial charge < -0.3 is 9.84 Å². The maximum absolute atomic E-state index is 13.8. The molecule has 0 radical (unpaired) electrons. The summed E-state index contributed by atoms with van der Waals surface area (Å²) < 4.78 is 45.3. The van der Waals surface area contributed by atoms with Crippen molar-refractivity contribution in [3.63, 3.8) is 0 Å². The normalized spacial score (nSPS) is 12.3. The summed E-state index contributed by atoms with van der Waals surface area (Å²) in [6.07, 6.45) is -1.58. The fourth-order valence-corrected chi connectivity index (χ4v) is 1.78. The highest BCUT2D eigenvalue weighted by Gasteiger charge is 2.21. The Morgan fingerprint density at radius 1 is 1.05 bits per heavy atom. The van der Waals surface area contributed by atoms with E-state index in [4.69, 9.17) is 4.74 Å². The minimum absolute atomic E-state index is 0.00481. The first kappa shape index (κ1) is 13.4. The summed E-state index contributed by atoms with van der Waals surface area (Å²) in [7, 11) is 1.27. The van der Waals surface area contributed by atoms with E-state index in [1.807, 2.05) is 0 Å². The number of hydrogen-bond acceptors (Lipinski definition) is 2. The number of methoxy groups -OCH3 is 1. The van der Waals surface area contributed by atoms with Gasteiger partial charge in [-0.25, -0.2) is 13.2 Å². The van der Waals surface area contributed by atoms with Crippen LogP contribution in [0.5, 0.6) is 5.75 Å². The van der Waals surface area contributed by atoms with Crippen molar-refractivity contribution in [3.8, 4) is 5.75 Å². The Balaban J connectivity index is 2.47. The zero-order valence-corrected chi connectivity index (χ0v) is 10.0. The van der Waals surface area contributed by atoms with Gasteiger partial charge in [0.15, 0.2) is 0 Å². The lowest BCUT2D eigenvalue weighted by Gasteiger charge is -2.14. The maximum Gasteiger partial charge on any atom is 0.135 e. The third-order valence-electron chi connectivity index (χ3n) is 2.73. The Hall–Kier alpha value is -2.01. The molecule has 0 amide bonds. The number of aliphatic hydroxyl groups is 1. The van der Waals surface area contributed by atoms with Gasteiger partial charge in [0.05, 0.1) is 12.7 Å². The fourth-order valence-electron chi connectivity index (χ4n) is 1.78. The van der Waals surface area contributed by atoms with Crippen LogP contribution in [-0.4, -0.2) is 12.2 Å². The van der Waals surface area contributed by atoms with E-state index in [0.29, 0.717) is 0 Å². The van der Waals surface area contributed by atoms with Gasteiger partial charge in [-0.1, -0.05) is 12.1 Å². The topological polar surface area (TPSA) is 29.5 Å². The monoisotopic (exact) mass is 268 g/mol. The van der Waals surface area contributed by atoms with Gasteiger partial charge in [0.1, 0.15) is 29.3 Å². The molecule has 2 rings (SSSR count). The molecule has 0 spiro atoms. The molecule has 0 saturated carbocycles. The molecule has 2 nitrogen and oxygen atoms in total. The van der Waals surface area contributed by atoms with Crippen LogP contribution in [0.25, 0.3) is 0 Å². The van der Waals surface area contributed by atoms with Crippen LogP contribution in [0.15, 0.2) is 36.4 Å². The Morgan fingerprint density at radius 3 is 2.21 bits per heavy atom. The molecule has 0 aliphatic carbocycles. The molecule has 0 saturated heterocycles. The van der Waals surface area contributed by atoms with Gasteiger partial charge in [-0.15, -0.1) is 0 Å². The smallest absolute Gasteiger partial charge is 0.135 e. The van der Waals surface area contributed by atoms with Gasteiger partial charge in [0, 0.05) is 12.1 Å². The quantitative estimate of drug-likeness (QED) is 0.926. The van der Waals surface area contributed by atoms with E-state index in [1.54, 1.807) is 0 Å². The lowest BCUT2D eigenvalue weighted by molar-refractivity contribution is 0.208. The standard InChI is InChI=1S/C14H11F3O2/c1-19-10-6-11(16)13(12(17)7-10)14(18)8-3-2-4-9(15)5-8/h2-7,14,18H,1H3. The molecular weight excluding hydrogens is 257 g/mol. The molecule has 2 aromatic carbocycles. The molecule has 19 heavy (non-hydrogen) atoms. The molecule has 0 bridgehead atoms. The zero-order chi connectivity index (χ0) is 14.0. The zero-order valence-electron chi connectivity index (χ0n) is 10.0. The molecule has 0 fully saturated rings. The third kappa shape index (κ3) is 2.71. The molecule has 2 aromatic rings. The lowest BCUT2D eigenvalue weighted by atomic mass is 10.00. The van der Waals surface area contributed by atoms with Crippen molar-refractivity contribution in [2.24, 2.45) is 0 Å². The second-order valence-electron chi connectivity index (χ2n) is 3.96. The van der Waals surface area contributed by atoms with Crippen molar-refractivity contribution < 1.29 is 23.0 Å². The molecule has 5 heteroatoms. The van der Waals surface area contributed by atoms with Crippen molar-refractivity contribution in [3.05, 3.63) is 65.0 Å². The Morgan fingerprint density at radius 2 is 1.68 bits per heavy atom. The summed E-state index contributed by atoms with van der Waals surface area (Å²) in [5.41, 5.74) is -0.464. The first-order valence-corrected chi connectivity index (χ1v) is 5.49. The van der Waals surface area contributed by atoms with E-state index < -0.39 is 29.1 Å². The molecule has 1 atom stereocenters. The first-order valence-electron chi connectivity index (χ1n) is 5.49. The van der Waals surface area contributed by atoms with Crippen LogP contribution in [0.4, 0.5) is 13.2 Å². The summed E-state index contributed by atoms with van der Waals surface area (Å²) in [5, 5.41) is 9.95. The molecule has 0 heterocycles. The molecule has 100 valence electrons. The van der Waals surface area contributed by atoms with Gasteiger partial charge in [-0.05, 0) is 17.7 Å². The predicted octanol–water partition coefficient (Wildman–Crippen LogP) is 3.19. The lowest BCUT2D eigenvalue weighted by Crippen LogP contribution is -2.06. The number of benzene rings is 2. The van der Waals surface area contributed by atoms with E-state index >= 15 is 0 Å². The van der Waals surface area contributed by atoms with Crippen molar-refractivity contribution in [1.82, 2.24) is 0 Å². The average molecular weight is 268 g/mol. The molecular formula is C14H11F3O2. The van der Waals surface area contributed by atoms with Crippen LogP contribution in [0.3, 0.4) is 0 Å². The summed E-state index contributed by atoms with van der Waals surface area (Å²) in [4.78, 5) is 0. The van der Waals surface area contributed by atoms with Gasteiger partial charge in [-0.3, -0.25) is 0 Å². The fraction of sp³-hybridized carbons (Fsp3) is 0.143. The van der Waals surface area contributed by atoms with Crippen molar-refractivity contribution in [1.29, 1.82) is 0 Å². The minimum atomic E-state index is -1.58. The molecule has 1 unspecified atom stereocenters. The van der Waals surface area contributed by atoms with Gasteiger partial charge in [0.25, 0.3) is 0 Å². The van der Waals surface area contributed by atoms with Crippen LogP contribution in [0.2, 0.25) is 0 Å². The minimum Gasteiger partial charge on any atom is -0.497 e. The molecule has 0 aliphatic rings. The first-order chi connectivity index (χ1) is 9.02. The van der Waals surface area contributed by atoms with E-state index in [2.05, 4.69) is 0 Å². The molecule has 0 aliphatic heterocycles. The van der Waals surface area contributed by atoms with E-state index in [1.165, 1.54) is 25.3 Å². The number of rotatable bonds is 3. The Labute approximate surface area is 108 Å². The molecule has 1 N–H and O–H groups in total. The van der Waals surface area contributed by atoms with Gasteiger partial charge in [0.2, 0.25) is 0 Å². The van der Waals surface area contributed by atoms with E-state index in [9.17, 15) is 18.3 Å². The van der Waals surface area contributed by atoms with Crippen LogP contribution in [0.1, 0.15) is 17.2 Å².